The number of benzene rings is 2. The number of carbonyl (C=O) groups is 2. The van der Waals surface area contributed by atoms with Crippen molar-refractivity contribution in [1.29, 1.82) is 0 Å². The van der Waals surface area contributed by atoms with Crippen molar-refractivity contribution in [2.75, 3.05) is 24.7 Å². The third kappa shape index (κ3) is 6.67. The maximum absolute atomic E-state index is 12.6. The Bertz CT molecular complexity index is 1020. The molecule has 0 radical (unpaired) electrons. The van der Waals surface area contributed by atoms with Crippen molar-refractivity contribution in [2.24, 2.45) is 5.92 Å². The van der Waals surface area contributed by atoms with Gasteiger partial charge in [0.15, 0.2) is 9.84 Å². The van der Waals surface area contributed by atoms with Gasteiger partial charge in [-0.1, -0.05) is 28.9 Å². The number of rotatable bonds is 8. The van der Waals surface area contributed by atoms with Crippen molar-refractivity contribution in [1.82, 2.24) is 4.90 Å². The molecule has 0 fully saturated rings. The van der Waals surface area contributed by atoms with Gasteiger partial charge in [0.1, 0.15) is 0 Å². The molecule has 0 saturated heterocycles. The number of hydrogen-bond donors (Lipinski definition) is 1. The van der Waals surface area contributed by atoms with Crippen LogP contribution < -0.4 is 5.32 Å². The first kappa shape index (κ1) is 24.1. The van der Waals surface area contributed by atoms with Crippen LogP contribution in [0, 0.1) is 19.8 Å². The van der Waals surface area contributed by atoms with E-state index in [1.807, 2.05) is 32.0 Å². The van der Waals surface area contributed by atoms with Crippen LogP contribution in [0.2, 0.25) is 0 Å². The molecule has 8 heteroatoms. The topological polar surface area (TPSA) is 83.6 Å². The maximum Gasteiger partial charge on any atom is 0.243 e. The second-order valence-corrected chi connectivity index (χ2v) is 10.5. The lowest BCUT2D eigenvalue weighted by Crippen LogP contribution is -2.38. The van der Waals surface area contributed by atoms with Gasteiger partial charge in [0.2, 0.25) is 11.8 Å². The fraction of sp³-hybridized carbons (Fsp3) is 0.364. The molecule has 0 saturated carbocycles. The van der Waals surface area contributed by atoms with Crippen LogP contribution in [-0.4, -0.2) is 44.5 Å². The molecule has 0 aromatic heterocycles. The van der Waals surface area contributed by atoms with Gasteiger partial charge < -0.3 is 10.2 Å². The van der Waals surface area contributed by atoms with E-state index in [4.69, 9.17) is 0 Å². The molecule has 162 valence electrons. The first-order chi connectivity index (χ1) is 14.0. The Hall–Kier alpha value is -2.19. The van der Waals surface area contributed by atoms with Crippen LogP contribution in [0.4, 0.5) is 5.69 Å². The molecule has 0 bridgehead atoms. The minimum Gasteiger partial charge on any atom is -0.336 e. The van der Waals surface area contributed by atoms with E-state index in [0.717, 1.165) is 15.6 Å². The van der Waals surface area contributed by atoms with Crippen LogP contribution in [0.1, 0.15) is 24.5 Å². The first-order valence-electron chi connectivity index (χ1n) is 9.60. The van der Waals surface area contributed by atoms with Gasteiger partial charge in [0, 0.05) is 23.1 Å². The van der Waals surface area contributed by atoms with E-state index >= 15 is 0 Å². The van der Waals surface area contributed by atoms with Gasteiger partial charge in [0.05, 0.1) is 17.2 Å². The Balaban J connectivity index is 1.89. The summed E-state index contributed by atoms with van der Waals surface area (Å²) in [6.07, 6.45) is 0.181. The van der Waals surface area contributed by atoms with Gasteiger partial charge >= 0.3 is 0 Å². The standard InChI is InChI=1S/C22H27BrN2O4S/c1-15-5-8-19(13-17(15)3)24-21(26)14-25(4)22(27)16(2)11-12-30(28,29)20-9-6-18(23)7-10-20/h5-10,13,16H,11-12,14H2,1-4H3,(H,24,26). The summed E-state index contributed by atoms with van der Waals surface area (Å²) in [6, 6.07) is 12.0. The van der Waals surface area contributed by atoms with E-state index in [-0.39, 0.29) is 35.4 Å². The average Bonchev–Trinajstić information content (AvgIpc) is 2.68. The SMILES string of the molecule is Cc1ccc(NC(=O)CN(C)C(=O)C(C)CCS(=O)(=O)c2ccc(Br)cc2)cc1C. The van der Waals surface area contributed by atoms with Crippen LogP contribution >= 0.6 is 15.9 Å². The van der Waals surface area contributed by atoms with E-state index < -0.39 is 15.8 Å². The number of anilines is 1. The minimum absolute atomic E-state index is 0.102. The Morgan fingerprint density at radius 1 is 1.07 bits per heavy atom. The summed E-state index contributed by atoms with van der Waals surface area (Å²) in [5.41, 5.74) is 2.88. The number of nitrogens with zero attached hydrogens (tertiary/aromatic N) is 1. The van der Waals surface area contributed by atoms with E-state index in [9.17, 15) is 18.0 Å². The molecule has 2 rings (SSSR count). The molecule has 2 amide bonds. The summed E-state index contributed by atoms with van der Waals surface area (Å²) in [4.78, 5) is 26.4. The molecule has 1 N–H and O–H groups in total. The third-order valence-electron chi connectivity index (χ3n) is 4.96. The second-order valence-electron chi connectivity index (χ2n) is 7.50. The van der Waals surface area contributed by atoms with Gasteiger partial charge in [-0.2, -0.15) is 0 Å². The molecule has 1 atom stereocenters. The lowest BCUT2D eigenvalue weighted by molar-refractivity contribution is -0.136. The lowest BCUT2D eigenvalue weighted by atomic mass is 10.1. The molecular formula is C22H27BrN2O4S. The Morgan fingerprint density at radius 2 is 1.70 bits per heavy atom. The van der Waals surface area contributed by atoms with Crippen molar-refractivity contribution >= 4 is 43.3 Å². The zero-order valence-electron chi connectivity index (χ0n) is 17.6. The van der Waals surface area contributed by atoms with Gasteiger partial charge in [-0.3, -0.25) is 9.59 Å². The van der Waals surface area contributed by atoms with Gasteiger partial charge in [-0.25, -0.2) is 8.42 Å². The third-order valence-corrected chi connectivity index (χ3v) is 7.25. The van der Waals surface area contributed by atoms with Crippen LogP contribution in [0.3, 0.4) is 0 Å². The van der Waals surface area contributed by atoms with Crippen molar-refractivity contribution < 1.29 is 18.0 Å². The van der Waals surface area contributed by atoms with Gasteiger partial charge in [0.25, 0.3) is 0 Å². The molecule has 6 nitrogen and oxygen atoms in total. The molecular weight excluding hydrogens is 468 g/mol. The Kier molecular flexibility index (Phi) is 8.20. The Morgan fingerprint density at radius 3 is 2.30 bits per heavy atom. The Labute approximate surface area is 186 Å². The zero-order chi connectivity index (χ0) is 22.5. The number of hydrogen-bond acceptors (Lipinski definition) is 4. The minimum atomic E-state index is -3.47. The molecule has 30 heavy (non-hydrogen) atoms. The van der Waals surface area contributed by atoms with E-state index in [2.05, 4.69) is 21.2 Å². The van der Waals surface area contributed by atoms with Crippen LogP contribution in [0.25, 0.3) is 0 Å². The molecule has 0 aliphatic rings. The van der Waals surface area contributed by atoms with Crippen LogP contribution in [0.15, 0.2) is 51.8 Å². The molecule has 0 heterocycles. The zero-order valence-corrected chi connectivity index (χ0v) is 20.0. The summed E-state index contributed by atoms with van der Waals surface area (Å²) < 4.78 is 25.7. The lowest BCUT2D eigenvalue weighted by Gasteiger charge is -2.21. The van der Waals surface area contributed by atoms with Crippen molar-refractivity contribution in [3.63, 3.8) is 0 Å². The van der Waals surface area contributed by atoms with Crippen LogP contribution in [0.5, 0.6) is 0 Å². The van der Waals surface area contributed by atoms with E-state index in [0.29, 0.717) is 5.69 Å². The fourth-order valence-corrected chi connectivity index (χ4v) is 4.62. The first-order valence-corrected chi connectivity index (χ1v) is 12.0. The predicted molar refractivity (Wildman–Crippen MR) is 122 cm³/mol. The predicted octanol–water partition coefficient (Wildman–Crippen LogP) is 3.96. The molecule has 0 aliphatic heterocycles. The highest BCUT2D eigenvalue weighted by atomic mass is 79.9. The maximum atomic E-state index is 12.6. The highest BCUT2D eigenvalue weighted by Gasteiger charge is 2.23. The summed E-state index contributed by atoms with van der Waals surface area (Å²) in [7, 11) is -1.93. The molecule has 1 unspecified atom stereocenters. The van der Waals surface area contributed by atoms with Gasteiger partial charge in [-0.15, -0.1) is 0 Å². The molecule has 0 spiro atoms. The number of halogens is 1. The molecule has 2 aromatic carbocycles. The van der Waals surface area contributed by atoms with Crippen LogP contribution in [-0.2, 0) is 19.4 Å². The van der Waals surface area contributed by atoms with Crippen molar-refractivity contribution in [2.45, 2.75) is 32.1 Å². The number of nitrogens with one attached hydrogen (secondary N) is 1. The number of carbonyl (C=O) groups excluding carboxylic acids is 2. The molecule has 0 aliphatic carbocycles. The largest absolute Gasteiger partial charge is 0.336 e. The summed E-state index contributed by atoms with van der Waals surface area (Å²) in [6.45, 7) is 5.53. The summed E-state index contributed by atoms with van der Waals surface area (Å²) >= 11 is 3.28. The van der Waals surface area contributed by atoms with Crippen molar-refractivity contribution in [3.05, 3.63) is 58.1 Å². The second kappa shape index (κ2) is 10.2. The van der Waals surface area contributed by atoms with Crippen molar-refractivity contribution in [3.8, 4) is 0 Å². The van der Waals surface area contributed by atoms with E-state index in [1.165, 1.54) is 17.0 Å². The number of amides is 2. The number of sulfone groups is 1. The summed E-state index contributed by atoms with van der Waals surface area (Å²) in [5.74, 6) is -1.22. The van der Waals surface area contributed by atoms with Gasteiger partial charge in [-0.05, 0) is 67.8 Å². The highest BCUT2D eigenvalue weighted by Crippen LogP contribution is 2.19. The number of aryl methyl sites for hydroxylation is 2. The normalized spacial score (nSPS) is 12.3. The van der Waals surface area contributed by atoms with E-state index in [1.54, 1.807) is 26.1 Å². The smallest absolute Gasteiger partial charge is 0.243 e. The molecule has 2 aromatic rings. The highest BCUT2D eigenvalue weighted by molar-refractivity contribution is 9.10. The fourth-order valence-electron chi connectivity index (χ4n) is 2.90. The monoisotopic (exact) mass is 494 g/mol. The summed E-state index contributed by atoms with van der Waals surface area (Å²) in [5, 5.41) is 2.78. The number of likely N-dealkylation sites (N-methyl/N-ethyl adjacent to an activating group) is 1. The quantitative estimate of drug-likeness (QED) is 0.601. The average molecular weight is 495 g/mol.